The molecule has 1 aromatic carbocycles. The van der Waals surface area contributed by atoms with Gasteiger partial charge in [0, 0.05) is 5.92 Å². The molecule has 0 aliphatic carbocycles. The predicted octanol–water partition coefficient (Wildman–Crippen LogP) is 3.24. The molecule has 2 rings (SSSR count). The van der Waals surface area contributed by atoms with Crippen molar-refractivity contribution < 1.29 is 9.59 Å². The van der Waals surface area contributed by atoms with Gasteiger partial charge in [-0.3, -0.25) is 9.59 Å². The highest BCUT2D eigenvalue weighted by molar-refractivity contribution is 5.84. The number of rotatable bonds is 7. The quantitative estimate of drug-likeness (QED) is 0.853. The number of hydrogen-bond donors (Lipinski definition) is 1. The lowest BCUT2D eigenvalue weighted by Crippen LogP contribution is -2.31. The van der Waals surface area contributed by atoms with E-state index in [2.05, 4.69) is 10.3 Å². The average molecular weight is 315 g/mol. The first-order valence-corrected chi connectivity index (χ1v) is 8.23. The zero-order chi connectivity index (χ0) is 17.0. The van der Waals surface area contributed by atoms with Crippen LogP contribution in [0.3, 0.4) is 0 Å². The molecule has 23 heavy (non-hydrogen) atoms. The maximum atomic E-state index is 12.2. The molecule has 1 atom stereocenters. The van der Waals surface area contributed by atoms with E-state index in [0.29, 0.717) is 12.4 Å². The summed E-state index contributed by atoms with van der Waals surface area (Å²) in [6.45, 7) is 7.80. The van der Waals surface area contributed by atoms with E-state index in [9.17, 15) is 9.59 Å². The number of fused-ring (bicyclic) bond motifs is 1. The normalized spacial score (nSPS) is 12.6. The van der Waals surface area contributed by atoms with Gasteiger partial charge in [-0.05, 0) is 38.8 Å². The van der Waals surface area contributed by atoms with Crippen LogP contribution >= 0.6 is 0 Å². The van der Waals surface area contributed by atoms with Crippen molar-refractivity contribution in [1.29, 1.82) is 0 Å². The molecule has 124 valence electrons. The molecular formula is C18H25N3O2. The van der Waals surface area contributed by atoms with Gasteiger partial charge >= 0.3 is 0 Å². The molecule has 2 aromatic rings. The zero-order valence-electron chi connectivity index (χ0n) is 14.3. The summed E-state index contributed by atoms with van der Waals surface area (Å²) in [7, 11) is 0. The molecule has 1 aromatic heterocycles. The molecule has 1 unspecified atom stereocenters. The van der Waals surface area contributed by atoms with Gasteiger partial charge in [-0.15, -0.1) is 0 Å². The van der Waals surface area contributed by atoms with Crippen molar-refractivity contribution >= 4 is 22.7 Å². The summed E-state index contributed by atoms with van der Waals surface area (Å²) in [5, 5.41) is 2.96. The van der Waals surface area contributed by atoms with E-state index < -0.39 is 0 Å². The van der Waals surface area contributed by atoms with E-state index in [0.717, 1.165) is 23.9 Å². The molecule has 0 bridgehead atoms. The van der Waals surface area contributed by atoms with Crippen LogP contribution in [-0.2, 0) is 16.1 Å². The van der Waals surface area contributed by atoms with Crippen LogP contribution in [0.2, 0.25) is 0 Å². The first-order chi connectivity index (χ1) is 11.0. The first kappa shape index (κ1) is 17.2. The maximum Gasteiger partial charge on any atom is 0.223 e. The Kier molecular flexibility index (Phi) is 5.53. The minimum absolute atomic E-state index is 0.0260. The van der Waals surface area contributed by atoms with Crippen LogP contribution in [0.5, 0.6) is 0 Å². The highest BCUT2D eigenvalue weighted by Crippen LogP contribution is 2.22. The third-order valence-electron chi connectivity index (χ3n) is 4.42. The molecule has 1 heterocycles. The molecule has 0 aliphatic heterocycles. The van der Waals surface area contributed by atoms with Crippen LogP contribution in [-0.4, -0.2) is 21.2 Å². The molecule has 0 saturated carbocycles. The van der Waals surface area contributed by atoms with Crippen LogP contribution in [0.15, 0.2) is 24.3 Å². The smallest absolute Gasteiger partial charge is 0.223 e. The zero-order valence-corrected chi connectivity index (χ0v) is 14.3. The summed E-state index contributed by atoms with van der Waals surface area (Å²) in [6.07, 6.45) is 1.64. The fourth-order valence-electron chi connectivity index (χ4n) is 2.80. The summed E-state index contributed by atoms with van der Waals surface area (Å²) in [6, 6.07) is 7.42. The Bertz CT molecular complexity index is 701. The number of hydrogen-bond acceptors (Lipinski definition) is 3. The van der Waals surface area contributed by atoms with Crippen molar-refractivity contribution in [2.45, 2.75) is 53.1 Å². The van der Waals surface area contributed by atoms with Gasteiger partial charge in [-0.2, -0.15) is 0 Å². The van der Waals surface area contributed by atoms with Crippen molar-refractivity contribution in [2.24, 2.45) is 5.92 Å². The number of benzene rings is 1. The Balaban J connectivity index is 2.31. The monoisotopic (exact) mass is 315 g/mol. The van der Waals surface area contributed by atoms with Gasteiger partial charge in [0.15, 0.2) is 5.78 Å². The topological polar surface area (TPSA) is 64.0 Å². The fraction of sp³-hybridized carbons (Fsp3) is 0.500. The third-order valence-corrected chi connectivity index (χ3v) is 4.42. The number of aromatic nitrogens is 2. The molecule has 0 fully saturated rings. The summed E-state index contributed by atoms with van der Waals surface area (Å²) < 4.78 is 1.92. The number of imidazole rings is 1. The second-order valence-corrected chi connectivity index (χ2v) is 5.90. The van der Waals surface area contributed by atoms with Crippen LogP contribution in [0.4, 0.5) is 0 Å². The van der Waals surface area contributed by atoms with Crippen molar-refractivity contribution in [3.8, 4) is 0 Å². The lowest BCUT2D eigenvalue weighted by atomic mass is 10.0. The molecule has 1 N–H and O–H groups in total. The van der Waals surface area contributed by atoms with E-state index in [1.807, 2.05) is 49.6 Å². The molecular weight excluding hydrogens is 290 g/mol. The van der Waals surface area contributed by atoms with Gasteiger partial charge in [0.2, 0.25) is 5.91 Å². The second kappa shape index (κ2) is 7.40. The maximum absolute atomic E-state index is 12.2. The largest absolute Gasteiger partial charge is 0.349 e. The minimum atomic E-state index is -0.303. The lowest BCUT2D eigenvalue weighted by molar-refractivity contribution is -0.125. The van der Waals surface area contributed by atoms with Gasteiger partial charge in [0.05, 0.1) is 23.6 Å². The number of para-hydroxylation sites is 2. The molecule has 5 heteroatoms. The Morgan fingerprint density at radius 3 is 2.48 bits per heavy atom. The number of nitrogens with zero attached hydrogens (tertiary/aromatic N) is 2. The van der Waals surface area contributed by atoms with Gasteiger partial charge in [0.25, 0.3) is 0 Å². The van der Waals surface area contributed by atoms with Crippen LogP contribution in [0.25, 0.3) is 11.0 Å². The molecule has 0 radical (unpaired) electrons. The van der Waals surface area contributed by atoms with E-state index in [1.54, 1.807) is 6.92 Å². The standard InChI is InChI=1S/C18H25N3O2/c1-5-14(6-2)18(23)19-11-17-20-15-9-7-8-10-16(15)21(17)12(3)13(4)22/h7-10,12,14H,5-6,11H2,1-4H3,(H,19,23). The first-order valence-electron chi connectivity index (χ1n) is 8.23. The van der Waals surface area contributed by atoms with Crippen molar-refractivity contribution in [2.75, 3.05) is 0 Å². The van der Waals surface area contributed by atoms with Gasteiger partial charge in [-0.25, -0.2) is 4.98 Å². The SMILES string of the molecule is CCC(CC)C(=O)NCc1nc2ccccc2n1C(C)C(C)=O. The summed E-state index contributed by atoms with van der Waals surface area (Å²) in [4.78, 5) is 28.6. The molecule has 0 saturated heterocycles. The highest BCUT2D eigenvalue weighted by Gasteiger charge is 2.20. The third kappa shape index (κ3) is 3.60. The Morgan fingerprint density at radius 1 is 1.22 bits per heavy atom. The van der Waals surface area contributed by atoms with E-state index in [1.165, 1.54) is 0 Å². The Labute approximate surface area is 137 Å². The van der Waals surface area contributed by atoms with Crippen molar-refractivity contribution in [1.82, 2.24) is 14.9 Å². The number of Topliss-reactive ketones (excluding diaryl/α,β-unsaturated/α-hetero) is 1. The second-order valence-electron chi connectivity index (χ2n) is 5.90. The van der Waals surface area contributed by atoms with Gasteiger partial charge in [0.1, 0.15) is 5.82 Å². The average Bonchev–Trinajstić information content (AvgIpc) is 2.91. The number of carbonyl (C=O) groups excluding carboxylic acids is 2. The van der Waals surface area contributed by atoms with Gasteiger partial charge in [-0.1, -0.05) is 26.0 Å². The minimum Gasteiger partial charge on any atom is -0.349 e. The summed E-state index contributed by atoms with van der Waals surface area (Å²) in [5.74, 6) is 0.857. The van der Waals surface area contributed by atoms with E-state index >= 15 is 0 Å². The van der Waals surface area contributed by atoms with E-state index in [-0.39, 0.29) is 23.7 Å². The number of ketones is 1. The summed E-state index contributed by atoms with van der Waals surface area (Å²) in [5.41, 5.74) is 1.76. The van der Waals surface area contributed by atoms with E-state index in [4.69, 9.17) is 0 Å². The Morgan fingerprint density at radius 2 is 1.87 bits per heavy atom. The predicted molar refractivity (Wildman–Crippen MR) is 91.0 cm³/mol. The molecule has 5 nitrogen and oxygen atoms in total. The van der Waals surface area contributed by atoms with Crippen LogP contribution in [0, 0.1) is 5.92 Å². The number of amides is 1. The fourth-order valence-corrected chi connectivity index (χ4v) is 2.80. The highest BCUT2D eigenvalue weighted by atomic mass is 16.2. The van der Waals surface area contributed by atoms with Crippen LogP contribution in [0.1, 0.15) is 52.4 Å². The molecule has 0 spiro atoms. The number of carbonyl (C=O) groups is 2. The molecule has 0 aliphatic rings. The Hall–Kier alpha value is -2.17. The lowest BCUT2D eigenvalue weighted by Gasteiger charge is -2.17. The van der Waals surface area contributed by atoms with Crippen LogP contribution < -0.4 is 5.32 Å². The van der Waals surface area contributed by atoms with Crippen molar-refractivity contribution in [3.63, 3.8) is 0 Å². The van der Waals surface area contributed by atoms with Crippen molar-refractivity contribution in [3.05, 3.63) is 30.1 Å². The number of nitrogens with one attached hydrogen (secondary N) is 1. The molecule has 1 amide bonds. The summed E-state index contributed by atoms with van der Waals surface area (Å²) >= 11 is 0. The van der Waals surface area contributed by atoms with Gasteiger partial charge < -0.3 is 9.88 Å².